The highest BCUT2D eigenvalue weighted by atomic mass is 32.2. The molecule has 176 valence electrons. The van der Waals surface area contributed by atoms with E-state index < -0.39 is 0 Å². The van der Waals surface area contributed by atoms with E-state index in [0.717, 1.165) is 48.9 Å². The minimum absolute atomic E-state index is 0.0936. The van der Waals surface area contributed by atoms with Crippen molar-refractivity contribution in [3.05, 3.63) is 45.1 Å². The first-order chi connectivity index (χ1) is 15.9. The highest BCUT2D eigenvalue weighted by molar-refractivity contribution is 8.26. The molecule has 2 aliphatic heterocycles. The molecule has 1 amide bonds. The minimum Gasteiger partial charge on any atom is -0.382 e. The summed E-state index contributed by atoms with van der Waals surface area (Å²) in [7, 11) is 1.79. The van der Waals surface area contributed by atoms with Crippen LogP contribution in [0.4, 0.5) is 5.69 Å². The van der Waals surface area contributed by atoms with Crippen molar-refractivity contribution < 1.29 is 9.53 Å². The van der Waals surface area contributed by atoms with Crippen molar-refractivity contribution in [3.8, 4) is 0 Å². The van der Waals surface area contributed by atoms with Crippen molar-refractivity contribution in [2.45, 2.75) is 33.1 Å². The summed E-state index contributed by atoms with van der Waals surface area (Å²) in [5.41, 5.74) is 2.31. The number of rotatable bonds is 7. The number of para-hydroxylation sites is 1. The van der Waals surface area contributed by atoms with Crippen LogP contribution in [0.1, 0.15) is 38.7 Å². The van der Waals surface area contributed by atoms with Crippen molar-refractivity contribution in [1.29, 1.82) is 0 Å². The smallest absolute Gasteiger partial charge is 0.266 e. The van der Waals surface area contributed by atoms with Gasteiger partial charge >= 0.3 is 0 Å². The van der Waals surface area contributed by atoms with Gasteiger partial charge in [0.2, 0.25) is 0 Å². The summed E-state index contributed by atoms with van der Waals surface area (Å²) in [5.74, 6) is 0.547. The van der Waals surface area contributed by atoms with Gasteiger partial charge in [-0.1, -0.05) is 49.1 Å². The molecule has 33 heavy (non-hydrogen) atoms. The second-order valence-corrected chi connectivity index (χ2v) is 10.4. The van der Waals surface area contributed by atoms with Gasteiger partial charge in [-0.25, -0.2) is 0 Å². The number of anilines is 1. The topological polar surface area (TPSA) is 54.8 Å². The predicted molar refractivity (Wildman–Crippen MR) is 141 cm³/mol. The first kappa shape index (κ1) is 24.0. The molecule has 0 aliphatic carbocycles. The van der Waals surface area contributed by atoms with Gasteiger partial charge in [0.1, 0.15) is 4.32 Å². The molecule has 0 unspecified atom stereocenters. The maximum absolute atomic E-state index is 13.5. The van der Waals surface area contributed by atoms with Gasteiger partial charge in [-0.3, -0.25) is 14.5 Å². The Bertz CT molecular complexity index is 1150. The molecule has 0 spiro atoms. The third-order valence-electron chi connectivity index (χ3n) is 6.43. The molecule has 0 N–H and O–H groups in total. The van der Waals surface area contributed by atoms with E-state index in [9.17, 15) is 9.59 Å². The van der Waals surface area contributed by atoms with E-state index in [1.807, 2.05) is 25.1 Å². The fraction of sp³-hybridized carbons (Fsp3) is 0.480. The van der Waals surface area contributed by atoms with Crippen molar-refractivity contribution in [3.63, 3.8) is 0 Å². The van der Waals surface area contributed by atoms with Crippen molar-refractivity contribution >= 4 is 56.9 Å². The van der Waals surface area contributed by atoms with E-state index in [4.69, 9.17) is 17.0 Å². The van der Waals surface area contributed by atoms with Gasteiger partial charge in [0.15, 0.2) is 0 Å². The second kappa shape index (κ2) is 10.4. The van der Waals surface area contributed by atoms with E-state index in [-0.39, 0.29) is 11.5 Å². The number of amides is 1. The molecule has 1 aromatic heterocycles. The van der Waals surface area contributed by atoms with Crippen LogP contribution in [0.2, 0.25) is 0 Å². The van der Waals surface area contributed by atoms with E-state index in [2.05, 4.69) is 17.9 Å². The molecule has 2 aromatic rings. The molecule has 2 fully saturated rings. The van der Waals surface area contributed by atoms with Gasteiger partial charge in [-0.2, -0.15) is 0 Å². The number of aromatic nitrogens is 1. The van der Waals surface area contributed by atoms with E-state index >= 15 is 0 Å². The number of benzene rings is 1. The first-order valence-electron chi connectivity index (χ1n) is 11.6. The number of aryl methyl sites for hydroxylation is 1. The van der Waals surface area contributed by atoms with Crippen molar-refractivity contribution in [2.75, 3.05) is 37.7 Å². The summed E-state index contributed by atoms with van der Waals surface area (Å²) < 4.78 is 7.61. The zero-order valence-electron chi connectivity index (χ0n) is 19.5. The summed E-state index contributed by atoms with van der Waals surface area (Å²) in [4.78, 5) is 31.1. The summed E-state index contributed by atoms with van der Waals surface area (Å²) in [5, 5.41) is 1.03. The van der Waals surface area contributed by atoms with Gasteiger partial charge in [-0.15, -0.1) is 0 Å². The van der Waals surface area contributed by atoms with Crippen LogP contribution in [0, 0.1) is 5.92 Å². The molecule has 2 saturated heterocycles. The lowest BCUT2D eigenvalue weighted by molar-refractivity contribution is -0.122. The minimum atomic E-state index is -0.130. The summed E-state index contributed by atoms with van der Waals surface area (Å²) >= 11 is 6.77. The molecule has 0 atom stereocenters. The van der Waals surface area contributed by atoms with Crippen molar-refractivity contribution in [2.24, 2.45) is 13.0 Å². The number of hydrogen-bond acceptors (Lipinski definition) is 6. The molecule has 6 nitrogen and oxygen atoms in total. The zero-order valence-corrected chi connectivity index (χ0v) is 21.1. The number of carbonyl (C=O) groups excluding carboxylic acids is 1. The Balaban J connectivity index is 1.76. The SMILES string of the molecule is CCOCCCN1C(=O)C(=Cc2c(N3CCC(C)CC3)c3ccccc3n(C)c2=O)SC1=S. The van der Waals surface area contributed by atoms with Crippen LogP contribution in [0.3, 0.4) is 0 Å². The summed E-state index contributed by atoms with van der Waals surface area (Å²) in [6.07, 6.45) is 4.67. The van der Waals surface area contributed by atoms with Gasteiger partial charge in [-0.05, 0) is 44.2 Å². The lowest BCUT2D eigenvalue weighted by Gasteiger charge is -2.34. The molecule has 1 aromatic carbocycles. The first-order valence-corrected chi connectivity index (χ1v) is 12.8. The van der Waals surface area contributed by atoms with Crippen LogP contribution in [-0.2, 0) is 16.6 Å². The van der Waals surface area contributed by atoms with Gasteiger partial charge in [0.05, 0.1) is 21.7 Å². The van der Waals surface area contributed by atoms with Crippen LogP contribution >= 0.6 is 24.0 Å². The van der Waals surface area contributed by atoms with Crippen LogP contribution in [0.15, 0.2) is 34.0 Å². The maximum Gasteiger partial charge on any atom is 0.266 e. The Morgan fingerprint density at radius 2 is 1.94 bits per heavy atom. The Kier molecular flexibility index (Phi) is 7.56. The standard InChI is InChI=1S/C25H31N3O3S2/c1-4-31-15-7-12-28-24(30)21(33-25(28)32)16-19-22(27-13-10-17(2)11-14-27)18-8-5-6-9-20(18)26(3)23(19)29/h5-6,8-9,16-17H,4,7,10-15H2,1-3H3. The van der Waals surface area contributed by atoms with Crippen LogP contribution < -0.4 is 10.5 Å². The third kappa shape index (κ3) is 4.88. The number of thioether (sulfide) groups is 1. The van der Waals surface area contributed by atoms with E-state index in [1.165, 1.54) is 11.8 Å². The lowest BCUT2D eigenvalue weighted by Crippen LogP contribution is -2.35. The average Bonchev–Trinajstić information content (AvgIpc) is 3.08. The summed E-state index contributed by atoms with van der Waals surface area (Å²) in [6.45, 7) is 7.80. The van der Waals surface area contributed by atoms with Gasteiger partial charge < -0.3 is 14.2 Å². The number of hydrogen-bond donors (Lipinski definition) is 0. The van der Waals surface area contributed by atoms with E-state index in [1.54, 1.807) is 22.6 Å². The Hall–Kier alpha value is -2.16. The normalized spacial score (nSPS) is 18.8. The Morgan fingerprint density at radius 3 is 2.67 bits per heavy atom. The number of fused-ring (bicyclic) bond motifs is 1. The van der Waals surface area contributed by atoms with Crippen LogP contribution in [-0.4, -0.2) is 52.5 Å². The number of nitrogens with zero attached hydrogens (tertiary/aromatic N) is 3. The molecule has 3 heterocycles. The third-order valence-corrected chi connectivity index (χ3v) is 7.81. The molecule has 8 heteroatoms. The number of pyridine rings is 1. The summed E-state index contributed by atoms with van der Waals surface area (Å²) in [6, 6.07) is 8.01. The van der Waals surface area contributed by atoms with Gasteiger partial charge in [0.25, 0.3) is 11.5 Å². The maximum atomic E-state index is 13.5. The highest BCUT2D eigenvalue weighted by Crippen LogP contribution is 2.37. The number of thiocarbonyl (C=S) groups is 1. The quantitative estimate of drug-likeness (QED) is 0.329. The number of carbonyl (C=O) groups is 1. The highest BCUT2D eigenvalue weighted by Gasteiger charge is 2.33. The predicted octanol–water partition coefficient (Wildman–Crippen LogP) is 4.40. The number of piperidine rings is 1. The fourth-order valence-electron chi connectivity index (χ4n) is 4.50. The monoisotopic (exact) mass is 485 g/mol. The lowest BCUT2D eigenvalue weighted by atomic mass is 9.97. The molecule has 2 aliphatic rings. The Labute approximate surface area is 204 Å². The van der Waals surface area contributed by atoms with Gasteiger partial charge in [0, 0.05) is 45.3 Å². The molecular formula is C25H31N3O3S2. The van der Waals surface area contributed by atoms with E-state index in [0.29, 0.717) is 40.5 Å². The Morgan fingerprint density at radius 1 is 1.21 bits per heavy atom. The fourth-order valence-corrected chi connectivity index (χ4v) is 5.79. The molecule has 0 saturated carbocycles. The molecule has 4 rings (SSSR count). The zero-order chi connectivity index (χ0) is 23.5. The van der Waals surface area contributed by atoms with Crippen LogP contribution in [0.5, 0.6) is 0 Å². The van der Waals surface area contributed by atoms with Crippen LogP contribution in [0.25, 0.3) is 17.0 Å². The molecule has 0 bridgehead atoms. The average molecular weight is 486 g/mol. The molecular weight excluding hydrogens is 454 g/mol. The number of ether oxygens (including phenoxy) is 1. The largest absolute Gasteiger partial charge is 0.382 e. The van der Waals surface area contributed by atoms with Crippen molar-refractivity contribution in [1.82, 2.24) is 9.47 Å². The second-order valence-electron chi connectivity index (χ2n) is 8.70. The molecule has 0 radical (unpaired) electrons.